The molecule has 4 aromatic rings. The van der Waals surface area contributed by atoms with E-state index in [1.165, 1.54) is 58.6 Å². The van der Waals surface area contributed by atoms with Crippen LogP contribution in [0.4, 0.5) is 13.2 Å². The molecule has 0 unspecified atom stereocenters. The van der Waals surface area contributed by atoms with Gasteiger partial charge in [0, 0.05) is 0 Å². The van der Waals surface area contributed by atoms with E-state index in [9.17, 15) is 26.4 Å². The van der Waals surface area contributed by atoms with E-state index in [0.717, 1.165) is 17.0 Å². The van der Waals surface area contributed by atoms with Crippen LogP contribution in [0.5, 0.6) is 0 Å². The number of nitrogens with two attached hydrogens (primary N) is 1. The summed E-state index contributed by atoms with van der Waals surface area (Å²) in [4.78, 5) is 13.4. The molecule has 0 spiro atoms. The lowest BCUT2D eigenvalue weighted by atomic mass is 10.1. The number of hydrogen-bond donors (Lipinski definition) is 2. The van der Waals surface area contributed by atoms with Crippen molar-refractivity contribution in [1.29, 1.82) is 0 Å². The summed E-state index contributed by atoms with van der Waals surface area (Å²) in [5, 5.41) is 15.1. The third-order valence-corrected chi connectivity index (χ3v) is 6.56. The van der Waals surface area contributed by atoms with Crippen molar-refractivity contribution in [3.8, 4) is 16.3 Å². The first-order chi connectivity index (χ1) is 16.5. The fourth-order valence-electron chi connectivity index (χ4n) is 3.05. The highest BCUT2D eigenvalue weighted by Gasteiger charge is 2.29. The SMILES string of the molecule is NS(=O)(=O)c1ccc(-n2nc(C(=O)N/N=C\c3ccc(C(F)(F)F)cc3)cc2-c2cccs2)cc1. The summed E-state index contributed by atoms with van der Waals surface area (Å²) in [5.74, 6) is -0.647. The first-order valence-electron chi connectivity index (χ1n) is 9.80. The van der Waals surface area contributed by atoms with E-state index < -0.39 is 27.7 Å². The van der Waals surface area contributed by atoms with Crippen molar-refractivity contribution >= 4 is 33.5 Å². The molecule has 3 N–H and O–H groups in total. The minimum Gasteiger partial charge on any atom is -0.265 e. The Morgan fingerprint density at radius 1 is 1.09 bits per heavy atom. The van der Waals surface area contributed by atoms with Crippen LogP contribution in [-0.4, -0.2) is 30.3 Å². The fourth-order valence-corrected chi connectivity index (χ4v) is 4.29. The van der Waals surface area contributed by atoms with Gasteiger partial charge in [0.2, 0.25) is 10.0 Å². The predicted octanol–water partition coefficient (Wildman–Crippen LogP) is 4.03. The van der Waals surface area contributed by atoms with E-state index in [0.29, 0.717) is 16.9 Å². The van der Waals surface area contributed by atoms with Gasteiger partial charge in [0.05, 0.1) is 32.9 Å². The highest BCUT2D eigenvalue weighted by molar-refractivity contribution is 7.89. The van der Waals surface area contributed by atoms with Crippen LogP contribution in [-0.2, 0) is 16.2 Å². The third kappa shape index (κ3) is 5.65. The van der Waals surface area contributed by atoms with Gasteiger partial charge in [-0.25, -0.2) is 23.7 Å². The number of thiophene rings is 1. The predicted molar refractivity (Wildman–Crippen MR) is 125 cm³/mol. The van der Waals surface area contributed by atoms with Gasteiger partial charge in [-0.15, -0.1) is 11.3 Å². The molecule has 0 aliphatic carbocycles. The molecule has 2 aromatic carbocycles. The molecular formula is C22H16F3N5O3S2. The lowest BCUT2D eigenvalue weighted by Crippen LogP contribution is -2.18. The minimum atomic E-state index is -4.44. The molecule has 35 heavy (non-hydrogen) atoms. The highest BCUT2D eigenvalue weighted by atomic mass is 32.2. The Bertz CT molecular complexity index is 1480. The molecule has 1 amide bonds. The maximum Gasteiger partial charge on any atom is 0.416 e. The van der Waals surface area contributed by atoms with Crippen LogP contribution in [0.2, 0.25) is 0 Å². The van der Waals surface area contributed by atoms with Gasteiger partial charge in [-0.05, 0) is 59.5 Å². The number of carbonyl (C=O) groups is 1. The standard InChI is InChI=1S/C22H16F3N5O3S2/c23-22(24,25)15-5-3-14(4-6-15)13-27-28-21(31)18-12-19(20-2-1-11-34-20)30(29-18)16-7-9-17(10-8-16)35(26,32)33/h1-13H,(H,28,31)(H2,26,32,33)/b27-13-. The Balaban J connectivity index is 1.57. The monoisotopic (exact) mass is 519 g/mol. The number of amides is 1. The molecule has 0 atom stereocenters. The number of aromatic nitrogens is 2. The number of alkyl halides is 3. The van der Waals surface area contributed by atoms with E-state index in [1.54, 1.807) is 6.07 Å². The van der Waals surface area contributed by atoms with Crippen molar-refractivity contribution in [2.75, 3.05) is 0 Å². The molecule has 180 valence electrons. The van der Waals surface area contributed by atoms with Crippen LogP contribution in [0.1, 0.15) is 21.6 Å². The number of rotatable bonds is 6. The molecule has 8 nitrogen and oxygen atoms in total. The number of benzene rings is 2. The Hall–Kier alpha value is -3.81. The molecule has 0 radical (unpaired) electrons. The maximum atomic E-state index is 12.7. The van der Waals surface area contributed by atoms with Crippen LogP contribution in [0, 0.1) is 0 Å². The normalized spacial score (nSPS) is 12.2. The highest BCUT2D eigenvalue weighted by Crippen LogP contribution is 2.29. The Morgan fingerprint density at radius 3 is 2.34 bits per heavy atom. The molecule has 0 saturated heterocycles. The molecule has 2 heterocycles. The molecule has 4 rings (SSSR count). The van der Waals surface area contributed by atoms with Crippen LogP contribution in [0.25, 0.3) is 16.3 Å². The van der Waals surface area contributed by atoms with Gasteiger partial charge < -0.3 is 0 Å². The summed E-state index contributed by atoms with van der Waals surface area (Å²) in [6.45, 7) is 0. The van der Waals surface area contributed by atoms with Crippen LogP contribution in [0.3, 0.4) is 0 Å². The molecule has 0 fully saturated rings. The number of hydrogen-bond acceptors (Lipinski definition) is 6. The average molecular weight is 520 g/mol. The second kappa shape index (κ2) is 9.44. The van der Waals surface area contributed by atoms with E-state index in [-0.39, 0.29) is 10.6 Å². The number of nitrogens with one attached hydrogen (secondary N) is 1. The van der Waals surface area contributed by atoms with E-state index in [1.807, 2.05) is 17.5 Å². The second-order valence-electron chi connectivity index (χ2n) is 7.16. The number of carbonyl (C=O) groups excluding carboxylic acids is 1. The van der Waals surface area contributed by atoms with Gasteiger partial charge >= 0.3 is 6.18 Å². The summed E-state index contributed by atoms with van der Waals surface area (Å²) in [6, 6.07) is 15.2. The van der Waals surface area contributed by atoms with Gasteiger partial charge in [0.15, 0.2) is 5.69 Å². The Kier molecular flexibility index (Phi) is 6.56. The van der Waals surface area contributed by atoms with Crippen molar-refractivity contribution in [2.45, 2.75) is 11.1 Å². The van der Waals surface area contributed by atoms with Crippen molar-refractivity contribution < 1.29 is 26.4 Å². The van der Waals surface area contributed by atoms with E-state index in [4.69, 9.17) is 5.14 Å². The van der Waals surface area contributed by atoms with E-state index in [2.05, 4.69) is 15.6 Å². The summed E-state index contributed by atoms with van der Waals surface area (Å²) in [7, 11) is -3.87. The molecule has 0 aliphatic heterocycles. The van der Waals surface area contributed by atoms with E-state index >= 15 is 0 Å². The third-order valence-electron chi connectivity index (χ3n) is 4.74. The zero-order valence-corrected chi connectivity index (χ0v) is 19.2. The summed E-state index contributed by atoms with van der Waals surface area (Å²) >= 11 is 1.42. The van der Waals surface area contributed by atoms with Crippen LogP contribution >= 0.6 is 11.3 Å². The lowest BCUT2D eigenvalue weighted by Gasteiger charge is -2.07. The number of hydrazone groups is 1. The number of primary sulfonamides is 1. The molecule has 2 aromatic heterocycles. The quantitative estimate of drug-likeness (QED) is 0.295. The maximum absolute atomic E-state index is 12.7. The first-order valence-corrected chi connectivity index (χ1v) is 12.2. The van der Waals surface area contributed by atoms with Crippen molar-refractivity contribution in [2.24, 2.45) is 10.2 Å². The van der Waals surface area contributed by atoms with Crippen molar-refractivity contribution in [3.63, 3.8) is 0 Å². The number of halogens is 3. The molecule has 13 heteroatoms. The number of nitrogens with zero attached hydrogens (tertiary/aromatic N) is 3. The van der Waals surface area contributed by atoms with Gasteiger partial charge in [-0.2, -0.15) is 23.4 Å². The topological polar surface area (TPSA) is 119 Å². The first kappa shape index (κ1) is 24.3. The Labute approximate surface area is 201 Å². The molecule has 0 aliphatic rings. The largest absolute Gasteiger partial charge is 0.416 e. The minimum absolute atomic E-state index is 0.0218. The van der Waals surface area contributed by atoms with Gasteiger partial charge in [-0.3, -0.25) is 4.79 Å². The molecule has 0 bridgehead atoms. The zero-order chi connectivity index (χ0) is 25.2. The zero-order valence-electron chi connectivity index (χ0n) is 17.6. The molecule has 0 saturated carbocycles. The van der Waals surface area contributed by atoms with Gasteiger partial charge in [0.25, 0.3) is 5.91 Å². The van der Waals surface area contributed by atoms with Crippen LogP contribution in [0.15, 0.2) is 82.1 Å². The fraction of sp³-hybridized carbons (Fsp3) is 0.0455. The molecular weight excluding hydrogens is 503 g/mol. The summed E-state index contributed by atoms with van der Waals surface area (Å²) in [6.07, 6.45) is -3.23. The van der Waals surface area contributed by atoms with Gasteiger partial charge in [-0.1, -0.05) is 18.2 Å². The van der Waals surface area contributed by atoms with Crippen LogP contribution < -0.4 is 10.6 Å². The number of sulfonamides is 1. The second-order valence-corrected chi connectivity index (χ2v) is 9.67. The summed E-state index contributed by atoms with van der Waals surface area (Å²) < 4.78 is 62.5. The summed E-state index contributed by atoms with van der Waals surface area (Å²) in [5.41, 5.74) is 2.97. The van der Waals surface area contributed by atoms with Gasteiger partial charge in [0.1, 0.15) is 0 Å². The van der Waals surface area contributed by atoms with Crippen molar-refractivity contribution in [1.82, 2.24) is 15.2 Å². The lowest BCUT2D eigenvalue weighted by molar-refractivity contribution is -0.137. The smallest absolute Gasteiger partial charge is 0.265 e. The Morgan fingerprint density at radius 2 is 1.77 bits per heavy atom. The average Bonchev–Trinajstić information content (AvgIpc) is 3.48. The van der Waals surface area contributed by atoms with Crippen molar-refractivity contribution in [3.05, 3.63) is 88.9 Å².